The maximum absolute atomic E-state index is 12.6. The van der Waals surface area contributed by atoms with Gasteiger partial charge in [-0.2, -0.15) is 0 Å². The van der Waals surface area contributed by atoms with Crippen LogP contribution in [-0.4, -0.2) is 38.5 Å². The van der Waals surface area contributed by atoms with Crippen molar-refractivity contribution in [2.24, 2.45) is 5.92 Å². The van der Waals surface area contributed by atoms with E-state index in [-0.39, 0.29) is 11.5 Å². The standard InChI is InChI=1S/C14H21NO4S/c1-15(9-11-4-3-5-11)20(17,18)14-8-12(10-16)6-7-13(14)19-2/h6-8,11,16H,3-5,9-10H2,1-2H3. The van der Waals surface area contributed by atoms with E-state index >= 15 is 0 Å². The highest BCUT2D eigenvalue weighted by Gasteiger charge is 2.29. The van der Waals surface area contributed by atoms with Crippen molar-refractivity contribution in [1.29, 1.82) is 0 Å². The first kappa shape index (κ1) is 15.3. The second kappa shape index (κ2) is 6.11. The van der Waals surface area contributed by atoms with E-state index < -0.39 is 10.0 Å². The van der Waals surface area contributed by atoms with Crippen LogP contribution in [0, 0.1) is 5.92 Å². The number of nitrogens with zero attached hydrogens (tertiary/aromatic N) is 1. The van der Waals surface area contributed by atoms with Gasteiger partial charge in [-0.1, -0.05) is 12.5 Å². The largest absolute Gasteiger partial charge is 0.495 e. The van der Waals surface area contributed by atoms with Crippen molar-refractivity contribution < 1.29 is 18.3 Å². The molecule has 0 amide bonds. The van der Waals surface area contributed by atoms with Crippen LogP contribution in [0.5, 0.6) is 5.75 Å². The van der Waals surface area contributed by atoms with Crippen LogP contribution in [0.4, 0.5) is 0 Å². The molecule has 6 heteroatoms. The van der Waals surface area contributed by atoms with E-state index in [4.69, 9.17) is 4.74 Å². The van der Waals surface area contributed by atoms with Gasteiger partial charge in [0.15, 0.2) is 0 Å². The van der Waals surface area contributed by atoms with Crippen molar-refractivity contribution >= 4 is 10.0 Å². The van der Waals surface area contributed by atoms with E-state index in [0.717, 1.165) is 12.8 Å². The first-order valence-corrected chi connectivity index (χ1v) is 8.17. The van der Waals surface area contributed by atoms with Gasteiger partial charge in [-0.3, -0.25) is 0 Å². The summed E-state index contributed by atoms with van der Waals surface area (Å²) in [6.45, 7) is 0.341. The molecule has 2 rings (SSSR count). The van der Waals surface area contributed by atoms with Crippen LogP contribution >= 0.6 is 0 Å². The number of hydrogen-bond acceptors (Lipinski definition) is 4. The van der Waals surface area contributed by atoms with E-state index in [1.807, 2.05) is 0 Å². The SMILES string of the molecule is COc1ccc(CO)cc1S(=O)(=O)N(C)CC1CCC1. The molecule has 0 aromatic heterocycles. The summed E-state index contributed by atoms with van der Waals surface area (Å²) in [7, 11) is -0.549. The zero-order chi connectivity index (χ0) is 14.8. The quantitative estimate of drug-likeness (QED) is 0.866. The lowest BCUT2D eigenvalue weighted by Gasteiger charge is -2.30. The molecule has 0 heterocycles. The Morgan fingerprint density at radius 1 is 1.40 bits per heavy atom. The summed E-state index contributed by atoms with van der Waals surface area (Å²) < 4.78 is 31.8. The average Bonchev–Trinajstić information content (AvgIpc) is 2.41. The molecule has 0 radical (unpaired) electrons. The third kappa shape index (κ3) is 2.97. The summed E-state index contributed by atoms with van der Waals surface area (Å²) >= 11 is 0. The predicted octanol–water partition coefficient (Wildman–Crippen LogP) is 1.61. The molecule has 0 bridgehead atoms. The van der Waals surface area contributed by atoms with Crippen LogP contribution in [0.3, 0.4) is 0 Å². The zero-order valence-corrected chi connectivity index (χ0v) is 12.7. The van der Waals surface area contributed by atoms with E-state index in [2.05, 4.69) is 0 Å². The first-order valence-electron chi connectivity index (χ1n) is 6.73. The van der Waals surface area contributed by atoms with E-state index in [1.165, 1.54) is 23.9 Å². The Kier molecular flexibility index (Phi) is 4.67. The van der Waals surface area contributed by atoms with Crippen molar-refractivity contribution in [3.8, 4) is 5.75 Å². The number of benzene rings is 1. The Balaban J connectivity index is 2.31. The van der Waals surface area contributed by atoms with Gasteiger partial charge >= 0.3 is 0 Å². The fraction of sp³-hybridized carbons (Fsp3) is 0.571. The number of hydrogen-bond donors (Lipinski definition) is 1. The molecule has 1 aromatic carbocycles. The summed E-state index contributed by atoms with van der Waals surface area (Å²) in [4.78, 5) is 0.119. The Morgan fingerprint density at radius 3 is 2.60 bits per heavy atom. The molecule has 1 N–H and O–H groups in total. The second-order valence-corrected chi connectivity index (χ2v) is 7.24. The zero-order valence-electron chi connectivity index (χ0n) is 11.9. The molecule has 1 aliphatic rings. The third-order valence-electron chi connectivity index (χ3n) is 3.84. The maximum atomic E-state index is 12.6. The summed E-state index contributed by atoms with van der Waals surface area (Å²) in [5.41, 5.74) is 0.557. The fourth-order valence-electron chi connectivity index (χ4n) is 2.33. The molecular formula is C14H21NO4S. The highest BCUT2D eigenvalue weighted by Crippen LogP contribution is 2.31. The van der Waals surface area contributed by atoms with E-state index in [1.54, 1.807) is 19.2 Å². The average molecular weight is 299 g/mol. The van der Waals surface area contributed by atoms with Crippen LogP contribution in [0.2, 0.25) is 0 Å². The minimum absolute atomic E-state index is 0.119. The van der Waals surface area contributed by atoms with Crippen molar-refractivity contribution in [3.63, 3.8) is 0 Å². The van der Waals surface area contributed by atoms with Gasteiger partial charge in [-0.25, -0.2) is 12.7 Å². The van der Waals surface area contributed by atoms with Crippen molar-refractivity contribution in [2.75, 3.05) is 20.7 Å². The van der Waals surface area contributed by atoms with Crippen molar-refractivity contribution in [1.82, 2.24) is 4.31 Å². The van der Waals surface area contributed by atoms with Gasteiger partial charge in [0.2, 0.25) is 10.0 Å². The van der Waals surface area contributed by atoms with Crippen LogP contribution in [0.15, 0.2) is 23.1 Å². The lowest BCUT2D eigenvalue weighted by Crippen LogP contribution is -2.34. The number of aliphatic hydroxyl groups is 1. The molecule has 1 aliphatic carbocycles. The Morgan fingerprint density at radius 2 is 2.10 bits per heavy atom. The predicted molar refractivity (Wildman–Crippen MR) is 76.1 cm³/mol. The first-order chi connectivity index (χ1) is 9.48. The molecule has 112 valence electrons. The molecule has 0 unspecified atom stereocenters. The normalized spacial score (nSPS) is 16.2. The maximum Gasteiger partial charge on any atom is 0.246 e. The number of ether oxygens (including phenoxy) is 1. The van der Waals surface area contributed by atoms with Gasteiger partial charge in [0.25, 0.3) is 0 Å². The third-order valence-corrected chi connectivity index (χ3v) is 5.68. The molecule has 5 nitrogen and oxygen atoms in total. The molecule has 1 saturated carbocycles. The molecule has 20 heavy (non-hydrogen) atoms. The van der Waals surface area contributed by atoms with Crippen LogP contribution in [0.25, 0.3) is 0 Å². The van der Waals surface area contributed by atoms with Gasteiger partial charge in [-0.05, 0) is 36.5 Å². The molecule has 0 saturated heterocycles. The van der Waals surface area contributed by atoms with E-state index in [0.29, 0.717) is 23.8 Å². The highest BCUT2D eigenvalue weighted by molar-refractivity contribution is 7.89. The molecule has 0 aliphatic heterocycles. The van der Waals surface area contributed by atoms with Gasteiger partial charge in [-0.15, -0.1) is 0 Å². The van der Waals surface area contributed by atoms with Crippen molar-refractivity contribution in [3.05, 3.63) is 23.8 Å². The number of rotatable bonds is 6. The lowest BCUT2D eigenvalue weighted by molar-refractivity contribution is 0.262. The minimum Gasteiger partial charge on any atom is -0.495 e. The minimum atomic E-state index is -3.59. The number of aliphatic hydroxyl groups excluding tert-OH is 1. The molecule has 1 fully saturated rings. The topological polar surface area (TPSA) is 66.8 Å². The molecular weight excluding hydrogens is 278 g/mol. The van der Waals surface area contributed by atoms with Gasteiger partial charge in [0.1, 0.15) is 10.6 Å². The smallest absolute Gasteiger partial charge is 0.246 e. The molecule has 0 atom stereocenters. The number of methoxy groups -OCH3 is 1. The Bertz CT molecular complexity index is 567. The van der Waals surface area contributed by atoms with Crippen LogP contribution < -0.4 is 4.74 Å². The number of sulfonamides is 1. The Hall–Kier alpha value is -1.11. The summed E-state index contributed by atoms with van der Waals surface area (Å²) in [5, 5.41) is 9.17. The summed E-state index contributed by atoms with van der Waals surface area (Å²) in [5.74, 6) is 0.768. The van der Waals surface area contributed by atoms with Gasteiger partial charge < -0.3 is 9.84 Å². The molecule has 0 spiro atoms. The van der Waals surface area contributed by atoms with E-state index in [9.17, 15) is 13.5 Å². The second-order valence-electron chi connectivity index (χ2n) is 5.23. The summed E-state index contributed by atoms with van der Waals surface area (Å²) in [6, 6.07) is 4.71. The fourth-order valence-corrected chi connectivity index (χ4v) is 3.77. The summed E-state index contributed by atoms with van der Waals surface area (Å²) in [6.07, 6.45) is 3.36. The van der Waals surface area contributed by atoms with Crippen molar-refractivity contribution in [2.45, 2.75) is 30.8 Å². The molecule has 1 aromatic rings. The highest BCUT2D eigenvalue weighted by atomic mass is 32.2. The van der Waals surface area contributed by atoms with Crippen LogP contribution in [0.1, 0.15) is 24.8 Å². The van der Waals surface area contributed by atoms with Gasteiger partial charge in [0.05, 0.1) is 13.7 Å². The van der Waals surface area contributed by atoms with Crippen LogP contribution in [-0.2, 0) is 16.6 Å². The van der Waals surface area contributed by atoms with Gasteiger partial charge in [0, 0.05) is 13.6 Å². The Labute approximate surface area is 120 Å². The lowest BCUT2D eigenvalue weighted by atomic mass is 9.86. The monoisotopic (exact) mass is 299 g/mol.